The normalized spacial score (nSPS) is 9.93. The van der Waals surface area contributed by atoms with E-state index >= 15 is 0 Å². The third kappa shape index (κ3) is 5.52. The van der Waals surface area contributed by atoms with Gasteiger partial charge in [-0.25, -0.2) is 0 Å². The SMILES string of the molecule is C#Cc1cccc(NC(=O)CN(C)C(=O)c2ccc(OCC)c(OCC)c2)c1. The number of rotatable bonds is 8. The quantitative estimate of drug-likeness (QED) is 0.715. The fourth-order valence-electron chi connectivity index (χ4n) is 2.58. The highest BCUT2D eigenvalue weighted by Gasteiger charge is 2.17. The van der Waals surface area contributed by atoms with Gasteiger partial charge in [0.25, 0.3) is 5.91 Å². The zero-order valence-corrected chi connectivity index (χ0v) is 16.3. The average Bonchev–Trinajstić information content (AvgIpc) is 2.69. The number of hydrogen-bond acceptors (Lipinski definition) is 4. The molecule has 0 aliphatic heterocycles. The monoisotopic (exact) mass is 380 g/mol. The highest BCUT2D eigenvalue weighted by molar-refractivity contribution is 5.99. The molecule has 0 aliphatic carbocycles. The first-order chi connectivity index (χ1) is 13.5. The summed E-state index contributed by atoms with van der Waals surface area (Å²) < 4.78 is 11.1. The molecule has 0 unspecified atom stereocenters. The van der Waals surface area contributed by atoms with Gasteiger partial charge in [-0.2, -0.15) is 0 Å². The third-order valence-electron chi connectivity index (χ3n) is 3.83. The lowest BCUT2D eigenvalue weighted by atomic mass is 10.1. The van der Waals surface area contributed by atoms with E-state index in [2.05, 4.69) is 11.2 Å². The molecule has 0 aliphatic rings. The summed E-state index contributed by atoms with van der Waals surface area (Å²) in [6.07, 6.45) is 5.36. The number of hydrogen-bond donors (Lipinski definition) is 1. The fourth-order valence-corrected chi connectivity index (χ4v) is 2.58. The molecule has 2 aromatic rings. The maximum absolute atomic E-state index is 12.7. The van der Waals surface area contributed by atoms with Crippen LogP contribution in [-0.2, 0) is 4.79 Å². The summed E-state index contributed by atoms with van der Waals surface area (Å²) in [4.78, 5) is 26.3. The van der Waals surface area contributed by atoms with Crippen LogP contribution in [0.2, 0.25) is 0 Å². The van der Waals surface area contributed by atoms with Crippen LogP contribution in [0.25, 0.3) is 0 Å². The van der Waals surface area contributed by atoms with E-state index in [1.807, 2.05) is 13.8 Å². The maximum atomic E-state index is 12.7. The van der Waals surface area contributed by atoms with Crippen molar-refractivity contribution in [1.82, 2.24) is 4.90 Å². The number of ether oxygens (including phenoxy) is 2. The van der Waals surface area contributed by atoms with E-state index in [0.717, 1.165) is 0 Å². The van der Waals surface area contributed by atoms with E-state index in [1.54, 1.807) is 49.5 Å². The molecule has 0 atom stereocenters. The Morgan fingerprint density at radius 1 is 1.07 bits per heavy atom. The first-order valence-corrected chi connectivity index (χ1v) is 9.00. The first-order valence-electron chi connectivity index (χ1n) is 9.00. The van der Waals surface area contributed by atoms with Gasteiger partial charge in [0.05, 0.1) is 19.8 Å². The summed E-state index contributed by atoms with van der Waals surface area (Å²) in [6.45, 7) is 4.58. The van der Waals surface area contributed by atoms with E-state index < -0.39 is 0 Å². The van der Waals surface area contributed by atoms with Crippen molar-refractivity contribution in [1.29, 1.82) is 0 Å². The van der Waals surface area contributed by atoms with Crippen molar-refractivity contribution >= 4 is 17.5 Å². The van der Waals surface area contributed by atoms with Crippen LogP contribution in [0, 0.1) is 12.3 Å². The van der Waals surface area contributed by atoms with Gasteiger partial charge < -0.3 is 19.7 Å². The van der Waals surface area contributed by atoms with E-state index in [4.69, 9.17) is 15.9 Å². The molecule has 0 fully saturated rings. The number of benzene rings is 2. The van der Waals surface area contributed by atoms with Crippen molar-refractivity contribution in [2.45, 2.75) is 13.8 Å². The molecule has 0 saturated heterocycles. The molecule has 6 heteroatoms. The van der Waals surface area contributed by atoms with E-state index in [9.17, 15) is 9.59 Å². The molecule has 2 amide bonds. The first kappa shape index (κ1) is 20.8. The minimum atomic E-state index is -0.319. The number of amides is 2. The van der Waals surface area contributed by atoms with Gasteiger partial charge in [0, 0.05) is 23.9 Å². The fraction of sp³-hybridized carbons (Fsp3) is 0.273. The highest BCUT2D eigenvalue weighted by atomic mass is 16.5. The van der Waals surface area contributed by atoms with Gasteiger partial charge >= 0.3 is 0 Å². The molecule has 0 aromatic heterocycles. The van der Waals surface area contributed by atoms with Gasteiger partial charge in [0.1, 0.15) is 0 Å². The number of carbonyl (C=O) groups excluding carboxylic acids is 2. The molecule has 146 valence electrons. The molecule has 2 rings (SSSR count). The van der Waals surface area contributed by atoms with Crippen molar-refractivity contribution in [2.75, 3.05) is 32.1 Å². The summed E-state index contributed by atoms with van der Waals surface area (Å²) in [5, 5.41) is 2.74. The average molecular weight is 380 g/mol. The smallest absolute Gasteiger partial charge is 0.254 e. The summed E-state index contributed by atoms with van der Waals surface area (Å²) in [5.74, 6) is 2.98. The van der Waals surface area contributed by atoms with E-state index in [1.165, 1.54) is 4.90 Å². The number of terminal acetylenes is 1. The lowest BCUT2D eigenvalue weighted by Crippen LogP contribution is -2.34. The Morgan fingerprint density at radius 3 is 2.46 bits per heavy atom. The molecular weight excluding hydrogens is 356 g/mol. The molecule has 1 N–H and O–H groups in total. The predicted molar refractivity (Wildman–Crippen MR) is 109 cm³/mol. The van der Waals surface area contributed by atoms with Crippen LogP contribution < -0.4 is 14.8 Å². The van der Waals surface area contributed by atoms with Gasteiger partial charge in [-0.05, 0) is 50.2 Å². The van der Waals surface area contributed by atoms with Crippen LogP contribution in [0.15, 0.2) is 42.5 Å². The van der Waals surface area contributed by atoms with Gasteiger partial charge in [-0.3, -0.25) is 9.59 Å². The Labute approximate surface area is 165 Å². The van der Waals surface area contributed by atoms with E-state index in [-0.39, 0.29) is 18.4 Å². The molecule has 0 heterocycles. The van der Waals surface area contributed by atoms with Gasteiger partial charge in [-0.15, -0.1) is 6.42 Å². The summed E-state index contributed by atoms with van der Waals surface area (Å²) in [7, 11) is 1.57. The summed E-state index contributed by atoms with van der Waals surface area (Å²) in [6, 6.07) is 11.9. The third-order valence-corrected chi connectivity index (χ3v) is 3.83. The second-order valence-electron chi connectivity index (χ2n) is 5.96. The van der Waals surface area contributed by atoms with Gasteiger partial charge in [0.15, 0.2) is 11.5 Å². The minimum absolute atomic E-state index is 0.101. The van der Waals surface area contributed by atoms with Crippen molar-refractivity contribution in [2.24, 2.45) is 0 Å². The largest absolute Gasteiger partial charge is 0.490 e. The van der Waals surface area contributed by atoms with Crippen molar-refractivity contribution < 1.29 is 19.1 Å². The van der Waals surface area contributed by atoms with Crippen LogP contribution >= 0.6 is 0 Å². The Balaban J connectivity index is 2.06. The van der Waals surface area contributed by atoms with Crippen molar-refractivity contribution in [3.8, 4) is 23.8 Å². The number of nitrogens with one attached hydrogen (secondary N) is 1. The Kier molecular flexibility index (Phi) is 7.46. The molecule has 28 heavy (non-hydrogen) atoms. The van der Waals surface area contributed by atoms with Crippen molar-refractivity contribution in [3.05, 3.63) is 53.6 Å². The second-order valence-corrected chi connectivity index (χ2v) is 5.96. The Morgan fingerprint density at radius 2 is 1.79 bits per heavy atom. The standard InChI is InChI=1S/C22H24N2O4/c1-5-16-9-8-10-18(13-16)23-21(25)15-24(4)22(26)17-11-12-19(27-6-2)20(14-17)28-7-3/h1,8-14H,6-7,15H2,2-4H3,(H,23,25). The van der Waals surface area contributed by atoms with Crippen LogP contribution in [0.4, 0.5) is 5.69 Å². The molecular formula is C22H24N2O4. The molecule has 2 aromatic carbocycles. The number of nitrogens with zero attached hydrogens (tertiary/aromatic N) is 1. The lowest BCUT2D eigenvalue weighted by Gasteiger charge is -2.18. The number of carbonyl (C=O) groups is 2. The lowest BCUT2D eigenvalue weighted by molar-refractivity contribution is -0.116. The predicted octanol–water partition coefficient (Wildman–Crippen LogP) is 3.18. The number of likely N-dealkylation sites (N-methyl/N-ethyl adjacent to an activating group) is 1. The summed E-state index contributed by atoms with van der Waals surface area (Å²) in [5.41, 5.74) is 1.66. The zero-order chi connectivity index (χ0) is 20.5. The zero-order valence-electron chi connectivity index (χ0n) is 16.3. The molecule has 0 bridgehead atoms. The van der Waals surface area contributed by atoms with Gasteiger partial charge in [-0.1, -0.05) is 12.0 Å². The topological polar surface area (TPSA) is 67.9 Å². The molecule has 0 spiro atoms. The maximum Gasteiger partial charge on any atom is 0.254 e. The molecule has 0 radical (unpaired) electrons. The minimum Gasteiger partial charge on any atom is -0.490 e. The second kappa shape index (κ2) is 10.0. The van der Waals surface area contributed by atoms with Crippen LogP contribution in [0.1, 0.15) is 29.8 Å². The van der Waals surface area contributed by atoms with Crippen LogP contribution in [-0.4, -0.2) is 43.5 Å². The van der Waals surface area contributed by atoms with Crippen molar-refractivity contribution in [3.63, 3.8) is 0 Å². The molecule has 0 saturated carbocycles. The molecule has 6 nitrogen and oxygen atoms in total. The van der Waals surface area contributed by atoms with Crippen LogP contribution in [0.3, 0.4) is 0 Å². The number of anilines is 1. The Hall–Kier alpha value is -3.46. The summed E-state index contributed by atoms with van der Waals surface area (Å²) >= 11 is 0. The van der Waals surface area contributed by atoms with Gasteiger partial charge in [0.2, 0.25) is 5.91 Å². The van der Waals surface area contributed by atoms with Crippen LogP contribution in [0.5, 0.6) is 11.5 Å². The Bertz CT molecular complexity index is 886. The highest BCUT2D eigenvalue weighted by Crippen LogP contribution is 2.29. The van der Waals surface area contributed by atoms with E-state index in [0.29, 0.717) is 41.5 Å².